The maximum absolute atomic E-state index is 11.2. The largest absolute Gasteiger partial charge is 0.412 e. The third kappa shape index (κ3) is 3.56. The van der Waals surface area contributed by atoms with Crippen molar-refractivity contribution in [3.8, 4) is 5.75 Å². The molecule has 0 bridgehead atoms. The van der Waals surface area contributed by atoms with E-state index in [1.807, 2.05) is 0 Å². The van der Waals surface area contributed by atoms with Gasteiger partial charge in [-0.3, -0.25) is 10.1 Å². The van der Waals surface area contributed by atoms with Gasteiger partial charge in [0.15, 0.2) is 0 Å². The van der Waals surface area contributed by atoms with Crippen LogP contribution in [0.2, 0.25) is 0 Å². The maximum atomic E-state index is 11.2. The summed E-state index contributed by atoms with van der Waals surface area (Å²) in [4.78, 5) is 21.0. The molecule has 6 nitrogen and oxygen atoms in total. The van der Waals surface area contributed by atoms with Crippen LogP contribution in [0.5, 0.6) is 5.75 Å². The van der Waals surface area contributed by atoms with Gasteiger partial charge in [0.05, 0.1) is 4.92 Å². The van der Waals surface area contributed by atoms with Crippen molar-refractivity contribution in [2.75, 3.05) is 0 Å². The summed E-state index contributed by atoms with van der Waals surface area (Å²) in [6.45, 7) is 3.61. The maximum Gasteiger partial charge on any atom is 0.412 e. The number of ether oxygens (including phenoxy) is 1. The molecular formula is C10H12N2O4. The monoisotopic (exact) mass is 224 g/mol. The third-order valence-electron chi connectivity index (χ3n) is 1.66. The first-order valence-electron chi connectivity index (χ1n) is 4.72. The molecule has 0 spiro atoms. The summed E-state index contributed by atoms with van der Waals surface area (Å²) in [7, 11) is 0. The molecule has 0 saturated carbocycles. The molecule has 0 radical (unpaired) electrons. The van der Waals surface area contributed by atoms with Crippen LogP contribution >= 0.6 is 0 Å². The average molecular weight is 224 g/mol. The molecule has 16 heavy (non-hydrogen) atoms. The fourth-order valence-electron chi connectivity index (χ4n) is 1.01. The topological polar surface area (TPSA) is 81.5 Å². The van der Waals surface area contributed by atoms with Crippen LogP contribution < -0.4 is 10.1 Å². The first-order valence-corrected chi connectivity index (χ1v) is 4.72. The molecule has 0 saturated heterocycles. The highest BCUT2D eigenvalue weighted by Gasteiger charge is 2.08. The van der Waals surface area contributed by atoms with E-state index in [2.05, 4.69) is 5.32 Å². The number of benzene rings is 1. The van der Waals surface area contributed by atoms with Crippen molar-refractivity contribution in [2.24, 2.45) is 0 Å². The van der Waals surface area contributed by atoms with Gasteiger partial charge in [0.1, 0.15) is 5.75 Å². The number of carbonyl (C=O) groups is 1. The number of nitro groups is 1. The lowest BCUT2D eigenvalue weighted by Gasteiger charge is -2.08. The summed E-state index contributed by atoms with van der Waals surface area (Å²) in [5, 5.41) is 12.9. The highest BCUT2D eigenvalue weighted by atomic mass is 16.6. The summed E-state index contributed by atoms with van der Waals surface area (Å²) in [5.41, 5.74) is -0.0448. The zero-order chi connectivity index (χ0) is 12.1. The van der Waals surface area contributed by atoms with Gasteiger partial charge in [-0.2, -0.15) is 0 Å². The minimum atomic E-state index is -0.580. The summed E-state index contributed by atoms with van der Waals surface area (Å²) in [6.07, 6.45) is -0.580. The molecule has 0 aromatic heterocycles. The Bertz CT molecular complexity index is 386. The molecule has 0 atom stereocenters. The first-order chi connectivity index (χ1) is 7.49. The van der Waals surface area contributed by atoms with Crippen LogP contribution in [-0.4, -0.2) is 17.1 Å². The Kier molecular flexibility index (Phi) is 3.82. The molecule has 0 aliphatic heterocycles. The molecule has 6 heteroatoms. The quantitative estimate of drug-likeness (QED) is 0.629. The van der Waals surface area contributed by atoms with Gasteiger partial charge in [0.2, 0.25) is 0 Å². The van der Waals surface area contributed by atoms with Gasteiger partial charge in [-0.15, -0.1) is 0 Å². The zero-order valence-electron chi connectivity index (χ0n) is 8.97. The van der Waals surface area contributed by atoms with Gasteiger partial charge in [0.25, 0.3) is 5.69 Å². The van der Waals surface area contributed by atoms with Crippen molar-refractivity contribution in [3.05, 3.63) is 34.4 Å². The lowest BCUT2D eigenvalue weighted by Crippen LogP contribution is -2.32. The molecule has 1 aromatic rings. The van der Waals surface area contributed by atoms with Crippen LogP contribution in [0.3, 0.4) is 0 Å². The fourth-order valence-corrected chi connectivity index (χ4v) is 1.01. The number of nitrogens with one attached hydrogen (secondary N) is 1. The van der Waals surface area contributed by atoms with E-state index < -0.39 is 11.0 Å². The second kappa shape index (κ2) is 5.11. The molecule has 1 amide bonds. The summed E-state index contributed by atoms with van der Waals surface area (Å²) < 4.78 is 4.89. The van der Waals surface area contributed by atoms with Gasteiger partial charge in [0, 0.05) is 18.2 Å². The lowest BCUT2D eigenvalue weighted by molar-refractivity contribution is -0.384. The molecule has 1 aromatic carbocycles. The summed E-state index contributed by atoms with van der Waals surface area (Å²) >= 11 is 0. The Balaban J connectivity index is 2.62. The van der Waals surface area contributed by atoms with Crippen molar-refractivity contribution < 1.29 is 14.5 Å². The van der Waals surface area contributed by atoms with E-state index in [4.69, 9.17) is 4.74 Å². The van der Waals surface area contributed by atoms with Gasteiger partial charge in [-0.1, -0.05) is 0 Å². The molecule has 1 rings (SSSR count). The van der Waals surface area contributed by atoms with E-state index in [1.165, 1.54) is 24.3 Å². The molecule has 0 unspecified atom stereocenters. The smallest absolute Gasteiger partial charge is 0.410 e. The van der Waals surface area contributed by atoms with Gasteiger partial charge < -0.3 is 10.1 Å². The Morgan fingerprint density at radius 2 is 1.94 bits per heavy atom. The van der Waals surface area contributed by atoms with Crippen LogP contribution in [0.25, 0.3) is 0 Å². The predicted molar refractivity (Wildman–Crippen MR) is 57.4 cm³/mol. The lowest BCUT2D eigenvalue weighted by atomic mass is 10.3. The Labute approximate surface area is 92.4 Å². The van der Waals surface area contributed by atoms with Gasteiger partial charge >= 0.3 is 6.09 Å². The van der Waals surface area contributed by atoms with Crippen LogP contribution in [0.1, 0.15) is 13.8 Å². The van der Waals surface area contributed by atoms with E-state index in [9.17, 15) is 14.9 Å². The zero-order valence-corrected chi connectivity index (χ0v) is 8.97. The minimum Gasteiger partial charge on any atom is -0.410 e. The second-order valence-corrected chi connectivity index (χ2v) is 3.44. The number of nitrogens with zero attached hydrogens (tertiary/aromatic N) is 1. The molecule has 86 valence electrons. The van der Waals surface area contributed by atoms with Crippen LogP contribution in [0.4, 0.5) is 10.5 Å². The van der Waals surface area contributed by atoms with Crippen molar-refractivity contribution in [3.63, 3.8) is 0 Å². The molecule has 0 aliphatic carbocycles. The van der Waals surface area contributed by atoms with Crippen molar-refractivity contribution in [1.82, 2.24) is 5.32 Å². The SMILES string of the molecule is CC(C)NC(=O)Oc1ccc([N+](=O)[O-])cc1. The van der Waals surface area contributed by atoms with Crippen molar-refractivity contribution >= 4 is 11.8 Å². The number of rotatable bonds is 3. The highest BCUT2D eigenvalue weighted by molar-refractivity contribution is 5.70. The Morgan fingerprint density at radius 1 is 1.38 bits per heavy atom. The molecule has 0 heterocycles. The normalized spacial score (nSPS) is 9.94. The predicted octanol–water partition coefficient (Wildman–Crippen LogP) is 2.09. The number of carbonyl (C=O) groups excluding carboxylic acids is 1. The van der Waals surface area contributed by atoms with Crippen molar-refractivity contribution in [1.29, 1.82) is 0 Å². The number of non-ortho nitro benzene ring substituents is 1. The number of hydrogen-bond donors (Lipinski definition) is 1. The molecule has 0 aliphatic rings. The van der Waals surface area contributed by atoms with Crippen LogP contribution in [0, 0.1) is 10.1 Å². The Hall–Kier alpha value is -2.11. The van der Waals surface area contributed by atoms with E-state index in [0.717, 1.165) is 0 Å². The van der Waals surface area contributed by atoms with Crippen LogP contribution in [-0.2, 0) is 0 Å². The summed E-state index contributed by atoms with van der Waals surface area (Å²) in [5.74, 6) is 0.267. The summed E-state index contributed by atoms with van der Waals surface area (Å²) in [6, 6.07) is 5.28. The second-order valence-electron chi connectivity index (χ2n) is 3.44. The molecule has 0 fully saturated rings. The molecule has 1 N–H and O–H groups in total. The number of nitro benzene ring substituents is 1. The van der Waals surface area contributed by atoms with Gasteiger partial charge in [-0.25, -0.2) is 4.79 Å². The van der Waals surface area contributed by atoms with E-state index in [0.29, 0.717) is 0 Å². The first kappa shape index (κ1) is 12.0. The molecular weight excluding hydrogens is 212 g/mol. The van der Waals surface area contributed by atoms with E-state index >= 15 is 0 Å². The van der Waals surface area contributed by atoms with Crippen LogP contribution in [0.15, 0.2) is 24.3 Å². The highest BCUT2D eigenvalue weighted by Crippen LogP contribution is 2.17. The van der Waals surface area contributed by atoms with E-state index in [-0.39, 0.29) is 17.5 Å². The minimum absolute atomic E-state index is 0.0226. The standard InChI is InChI=1S/C10H12N2O4/c1-7(2)11-10(13)16-9-5-3-8(4-6-9)12(14)15/h3-7H,1-2H3,(H,11,13). The average Bonchev–Trinajstić information content (AvgIpc) is 2.16. The van der Waals surface area contributed by atoms with E-state index in [1.54, 1.807) is 13.8 Å². The third-order valence-corrected chi connectivity index (χ3v) is 1.66. The van der Waals surface area contributed by atoms with Crippen molar-refractivity contribution in [2.45, 2.75) is 19.9 Å². The Morgan fingerprint density at radius 3 is 2.38 bits per heavy atom. The number of hydrogen-bond acceptors (Lipinski definition) is 4. The van der Waals surface area contributed by atoms with Gasteiger partial charge in [-0.05, 0) is 26.0 Å². The fraction of sp³-hybridized carbons (Fsp3) is 0.300. The number of amides is 1.